The first-order chi connectivity index (χ1) is 14.6. The summed E-state index contributed by atoms with van der Waals surface area (Å²) in [7, 11) is 0. The minimum absolute atomic E-state index is 0.146. The third kappa shape index (κ3) is 4.00. The van der Waals surface area contributed by atoms with Gasteiger partial charge in [-0.25, -0.2) is 10.1 Å². The van der Waals surface area contributed by atoms with Crippen LogP contribution in [0, 0.1) is 0 Å². The molecule has 0 bridgehead atoms. The van der Waals surface area contributed by atoms with Gasteiger partial charge in [0.15, 0.2) is 5.69 Å². The number of hydrogen-bond donors (Lipinski definition) is 1. The lowest BCUT2D eigenvalue weighted by molar-refractivity contribution is 0.0949. The van der Waals surface area contributed by atoms with Gasteiger partial charge in [0.25, 0.3) is 11.5 Å². The molecule has 0 saturated carbocycles. The standard InChI is InChI=1S/C23H19N5O2/c1-16(18-11-13-24-14-12-18)25-26-22(29)21-19-9-5-6-10-20(19)23(30)28(27-21)15-17-7-3-2-4-8-17/h2-14H,15H2,1H3,(H,26,29)/b25-16-. The smallest absolute Gasteiger partial charge is 0.267 e. The van der Waals surface area contributed by atoms with E-state index >= 15 is 0 Å². The molecule has 0 fully saturated rings. The maximum absolute atomic E-state index is 12.9. The average Bonchev–Trinajstić information content (AvgIpc) is 2.80. The van der Waals surface area contributed by atoms with Gasteiger partial charge >= 0.3 is 0 Å². The van der Waals surface area contributed by atoms with Crippen molar-refractivity contribution in [2.45, 2.75) is 13.5 Å². The number of aromatic nitrogens is 3. The largest absolute Gasteiger partial charge is 0.292 e. The maximum Gasteiger partial charge on any atom is 0.292 e. The van der Waals surface area contributed by atoms with Gasteiger partial charge in [0, 0.05) is 23.3 Å². The lowest BCUT2D eigenvalue weighted by atomic mass is 10.1. The molecule has 0 radical (unpaired) electrons. The summed E-state index contributed by atoms with van der Waals surface area (Å²) in [5.41, 5.74) is 4.84. The van der Waals surface area contributed by atoms with E-state index in [0.29, 0.717) is 16.5 Å². The third-order valence-corrected chi connectivity index (χ3v) is 4.68. The second-order valence-electron chi connectivity index (χ2n) is 6.72. The predicted octanol–water partition coefficient (Wildman–Crippen LogP) is 2.99. The van der Waals surface area contributed by atoms with E-state index in [2.05, 4.69) is 20.6 Å². The Hall–Kier alpha value is -4.13. The molecule has 0 atom stereocenters. The minimum Gasteiger partial charge on any atom is -0.267 e. The van der Waals surface area contributed by atoms with Crippen molar-refractivity contribution in [2.24, 2.45) is 5.10 Å². The van der Waals surface area contributed by atoms with Crippen molar-refractivity contribution in [3.63, 3.8) is 0 Å². The Balaban J connectivity index is 1.71. The summed E-state index contributed by atoms with van der Waals surface area (Å²) in [6.07, 6.45) is 3.31. The van der Waals surface area contributed by atoms with Crippen LogP contribution in [0.1, 0.15) is 28.5 Å². The van der Waals surface area contributed by atoms with Gasteiger partial charge in [-0.1, -0.05) is 48.5 Å². The van der Waals surface area contributed by atoms with Crippen molar-refractivity contribution in [3.8, 4) is 0 Å². The van der Waals surface area contributed by atoms with Crippen molar-refractivity contribution < 1.29 is 4.79 Å². The zero-order chi connectivity index (χ0) is 20.9. The van der Waals surface area contributed by atoms with Crippen molar-refractivity contribution >= 4 is 22.4 Å². The predicted molar refractivity (Wildman–Crippen MR) is 115 cm³/mol. The average molecular weight is 397 g/mol. The van der Waals surface area contributed by atoms with Crippen molar-refractivity contribution in [1.29, 1.82) is 0 Å². The van der Waals surface area contributed by atoms with Crippen molar-refractivity contribution in [3.05, 3.63) is 106 Å². The number of hydrogen-bond acceptors (Lipinski definition) is 5. The molecule has 0 unspecified atom stereocenters. The highest BCUT2D eigenvalue weighted by Gasteiger charge is 2.16. The quantitative estimate of drug-likeness (QED) is 0.414. The van der Waals surface area contributed by atoms with Crippen LogP contribution in [0.15, 0.2) is 89.0 Å². The van der Waals surface area contributed by atoms with Gasteiger partial charge in [-0.3, -0.25) is 14.6 Å². The molecule has 4 rings (SSSR count). The Morgan fingerprint density at radius 3 is 2.37 bits per heavy atom. The molecular formula is C23H19N5O2. The molecule has 2 aromatic carbocycles. The van der Waals surface area contributed by atoms with Gasteiger partial charge in [0.2, 0.25) is 0 Å². The highest BCUT2D eigenvalue weighted by atomic mass is 16.2. The monoisotopic (exact) mass is 397 g/mol. The molecule has 30 heavy (non-hydrogen) atoms. The first-order valence-corrected chi connectivity index (χ1v) is 9.42. The van der Waals surface area contributed by atoms with Crippen LogP contribution in [0.4, 0.5) is 0 Å². The fourth-order valence-electron chi connectivity index (χ4n) is 3.11. The highest BCUT2D eigenvalue weighted by molar-refractivity contribution is 6.06. The van der Waals surface area contributed by atoms with E-state index in [9.17, 15) is 9.59 Å². The molecule has 148 valence electrons. The van der Waals surface area contributed by atoms with E-state index < -0.39 is 5.91 Å². The van der Waals surface area contributed by atoms with Crippen LogP contribution in [0.2, 0.25) is 0 Å². The summed E-state index contributed by atoms with van der Waals surface area (Å²) in [5.74, 6) is -0.485. The summed E-state index contributed by atoms with van der Waals surface area (Å²) < 4.78 is 1.31. The number of hydrazone groups is 1. The van der Waals surface area contributed by atoms with Gasteiger partial charge in [-0.05, 0) is 30.7 Å². The number of carbonyl (C=O) groups excluding carboxylic acids is 1. The van der Waals surface area contributed by atoms with E-state index in [1.54, 1.807) is 55.7 Å². The van der Waals surface area contributed by atoms with Crippen LogP contribution in [0.5, 0.6) is 0 Å². The number of nitrogens with zero attached hydrogens (tertiary/aromatic N) is 4. The molecule has 0 aliphatic heterocycles. The number of carbonyl (C=O) groups is 1. The van der Waals surface area contributed by atoms with Crippen LogP contribution < -0.4 is 11.0 Å². The molecule has 7 heteroatoms. The molecule has 1 amide bonds. The summed E-state index contributed by atoms with van der Waals surface area (Å²) >= 11 is 0. The number of nitrogens with one attached hydrogen (secondary N) is 1. The van der Waals surface area contributed by atoms with E-state index in [0.717, 1.165) is 11.1 Å². The molecule has 0 saturated heterocycles. The van der Waals surface area contributed by atoms with Crippen LogP contribution in [-0.4, -0.2) is 26.4 Å². The van der Waals surface area contributed by atoms with E-state index in [1.807, 2.05) is 30.3 Å². The number of benzene rings is 2. The Morgan fingerprint density at radius 1 is 0.967 bits per heavy atom. The third-order valence-electron chi connectivity index (χ3n) is 4.68. The molecule has 0 spiro atoms. The summed E-state index contributed by atoms with van der Waals surface area (Å²) in [6.45, 7) is 2.06. The van der Waals surface area contributed by atoms with Gasteiger partial charge in [-0.2, -0.15) is 10.2 Å². The molecule has 7 nitrogen and oxygen atoms in total. The van der Waals surface area contributed by atoms with E-state index in [-0.39, 0.29) is 17.8 Å². The lowest BCUT2D eigenvalue weighted by Gasteiger charge is -2.10. The fraction of sp³-hybridized carbons (Fsp3) is 0.0870. The van der Waals surface area contributed by atoms with Crippen molar-refractivity contribution in [2.75, 3.05) is 0 Å². The molecule has 2 aromatic heterocycles. The topological polar surface area (TPSA) is 89.2 Å². The van der Waals surface area contributed by atoms with Gasteiger partial charge < -0.3 is 0 Å². The van der Waals surface area contributed by atoms with Gasteiger partial charge in [0.1, 0.15) is 0 Å². The molecule has 2 heterocycles. The lowest BCUT2D eigenvalue weighted by Crippen LogP contribution is -2.29. The maximum atomic E-state index is 12.9. The van der Waals surface area contributed by atoms with Crippen LogP contribution in [0.25, 0.3) is 10.8 Å². The van der Waals surface area contributed by atoms with Crippen LogP contribution >= 0.6 is 0 Å². The minimum atomic E-state index is -0.485. The normalized spacial score (nSPS) is 11.4. The Kier molecular flexibility index (Phi) is 5.43. The van der Waals surface area contributed by atoms with E-state index in [1.165, 1.54) is 4.68 Å². The summed E-state index contributed by atoms with van der Waals surface area (Å²) in [6, 6.07) is 20.1. The first kappa shape index (κ1) is 19.2. The highest BCUT2D eigenvalue weighted by Crippen LogP contribution is 2.14. The van der Waals surface area contributed by atoms with Crippen LogP contribution in [-0.2, 0) is 6.54 Å². The first-order valence-electron chi connectivity index (χ1n) is 9.42. The molecular weight excluding hydrogens is 378 g/mol. The molecule has 0 aliphatic carbocycles. The van der Waals surface area contributed by atoms with Gasteiger partial charge in [0.05, 0.1) is 17.6 Å². The molecule has 4 aromatic rings. The second-order valence-corrected chi connectivity index (χ2v) is 6.72. The zero-order valence-corrected chi connectivity index (χ0v) is 16.3. The van der Waals surface area contributed by atoms with Crippen molar-refractivity contribution in [1.82, 2.24) is 20.2 Å². The Bertz CT molecular complexity index is 1280. The number of pyridine rings is 1. The summed E-state index contributed by atoms with van der Waals surface area (Å²) in [5, 5.41) is 9.46. The molecule has 1 N–H and O–H groups in total. The number of rotatable bonds is 5. The summed E-state index contributed by atoms with van der Waals surface area (Å²) in [4.78, 5) is 29.8. The Morgan fingerprint density at radius 2 is 1.63 bits per heavy atom. The number of fused-ring (bicyclic) bond motifs is 1. The van der Waals surface area contributed by atoms with Crippen LogP contribution in [0.3, 0.4) is 0 Å². The van der Waals surface area contributed by atoms with E-state index in [4.69, 9.17) is 0 Å². The zero-order valence-electron chi connectivity index (χ0n) is 16.3. The van der Waals surface area contributed by atoms with Gasteiger partial charge in [-0.15, -0.1) is 0 Å². The Labute approximate surface area is 172 Å². The number of amides is 1. The second kappa shape index (κ2) is 8.48. The SMILES string of the molecule is C/C(=N/NC(=O)c1nn(Cc2ccccc2)c(=O)c2ccccc12)c1ccncc1. The fourth-order valence-corrected chi connectivity index (χ4v) is 3.11. The molecule has 0 aliphatic rings.